The fourth-order valence-electron chi connectivity index (χ4n) is 2.78. The smallest absolute Gasteiger partial charge is 0.870 e. The van der Waals surface area contributed by atoms with E-state index in [1.807, 2.05) is 88.4 Å². The van der Waals surface area contributed by atoms with Crippen molar-refractivity contribution in [3.05, 3.63) is 84.3 Å². The number of aliphatic hydroxyl groups is 1. The second kappa shape index (κ2) is 41.7. The number of aliphatic hydroxyl groups excluding tert-OH is 1. The first kappa shape index (κ1) is 57.6. The minimum absolute atomic E-state index is 0. The van der Waals surface area contributed by atoms with E-state index in [4.69, 9.17) is 26.7 Å². The second-order valence-corrected chi connectivity index (χ2v) is 8.87. The van der Waals surface area contributed by atoms with E-state index in [2.05, 4.69) is 15.3 Å². The summed E-state index contributed by atoms with van der Waals surface area (Å²) in [5.41, 5.74) is 10.5. The number of nitrogens with one attached hydrogen (secondary N) is 1. The third-order valence-corrected chi connectivity index (χ3v) is 4.97. The molecule has 1 saturated heterocycles. The van der Waals surface area contributed by atoms with E-state index in [1.54, 1.807) is 24.6 Å². The van der Waals surface area contributed by atoms with Crippen molar-refractivity contribution in [2.24, 2.45) is 5.84 Å². The number of nitrogen functional groups attached to an aromatic ring is 2. The van der Waals surface area contributed by atoms with Crippen molar-refractivity contribution in [1.82, 2.24) is 9.78 Å². The van der Waals surface area contributed by atoms with Gasteiger partial charge in [0.05, 0.1) is 18.4 Å². The maximum absolute atomic E-state index is 11.1. The summed E-state index contributed by atoms with van der Waals surface area (Å²) >= 11 is 0. The SMILES string of the molecule is C1CCOC1.CC.CC.CC(=O)/C([O-])=C/C#N.CC(=O)c1cc(N)n(-c2ccccc2)n1.CCO.CCOC(=O)C(C)=O.NNc1ccccc1.[K+]. The molecule has 1 aromatic heterocycles. The predicted octanol–water partition coefficient (Wildman–Crippen LogP) is 1.96. The molecule has 1 aliphatic rings. The Kier molecular flexibility index (Phi) is 46.2. The molecule has 4 rings (SSSR count). The van der Waals surface area contributed by atoms with Gasteiger partial charge in [-0.25, -0.2) is 9.48 Å². The number of anilines is 2. The van der Waals surface area contributed by atoms with Crippen LogP contribution in [0.3, 0.4) is 0 Å². The number of aromatic nitrogens is 2. The molecule has 6 N–H and O–H groups in total. The molecule has 2 aromatic carbocycles. The number of benzene rings is 2. The first-order chi connectivity index (χ1) is 24.4. The van der Waals surface area contributed by atoms with Crippen molar-refractivity contribution in [2.75, 3.05) is 37.6 Å². The van der Waals surface area contributed by atoms with Crippen LogP contribution in [0.15, 0.2) is 78.6 Å². The van der Waals surface area contributed by atoms with Gasteiger partial charge in [-0.1, -0.05) is 69.9 Å². The number of carbonyl (C=O) groups is 4. The molecule has 1 aliphatic heterocycles. The summed E-state index contributed by atoms with van der Waals surface area (Å²) in [6, 6.07) is 22.1. The summed E-state index contributed by atoms with van der Waals surface area (Å²) in [7, 11) is 0. The van der Waals surface area contributed by atoms with Gasteiger partial charge >= 0.3 is 57.4 Å². The van der Waals surface area contributed by atoms with E-state index in [0.29, 0.717) is 17.6 Å². The number of hydrogen-bond donors (Lipinski definition) is 4. The number of Topliss-reactive ketones (excluding diaryl/α,β-unsaturated/α-hetero) is 3. The number of esters is 1. The van der Waals surface area contributed by atoms with Crippen molar-refractivity contribution in [2.45, 2.75) is 75.2 Å². The van der Waals surface area contributed by atoms with Gasteiger partial charge in [0.1, 0.15) is 17.3 Å². The Morgan fingerprint density at radius 2 is 1.42 bits per heavy atom. The summed E-state index contributed by atoms with van der Waals surface area (Å²) in [4.78, 5) is 41.3. The van der Waals surface area contributed by atoms with Gasteiger partial charge in [-0.05, 0) is 57.9 Å². The number of nitrogens with two attached hydrogens (primary N) is 2. The van der Waals surface area contributed by atoms with Crippen LogP contribution >= 0.6 is 0 Å². The molecule has 2 heterocycles. The van der Waals surface area contributed by atoms with Crippen molar-refractivity contribution in [3.63, 3.8) is 0 Å². The molecule has 0 bridgehead atoms. The molecule has 0 atom stereocenters. The topological polar surface area (TPSA) is 236 Å². The number of rotatable bonds is 6. The third kappa shape index (κ3) is 33.4. The van der Waals surface area contributed by atoms with E-state index in [1.165, 1.54) is 32.8 Å². The van der Waals surface area contributed by atoms with Crippen LogP contribution in [0.4, 0.5) is 11.5 Å². The Morgan fingerprint density at radius 3 is 1.67 bits per heavy atom. The monoisotopic (exact) mass is 752 g/mol. The number of hydrogen-bond acceptors (Lipinski definition) is 13. The van der Waals surface area contributed by atoms with Crippen LogP contribution in [-0.4, -0.2) is 64.6 Å². The number of nitriles is 1. The third-order valence-electron chi connectivity index (χ3n) is 4.97. The van der Waals surface area contributed by atoms with Gasteiger partial charge in [-0.3, -0.25) is 20.2 Å². The molecule has 3 aromatic rings. The summed E-state index contributed by atoms with van der Waals surface area (Å²) in [6.45, 7) is 17.6. The number of nitrogens with zero attached hydrogens (tertiary/aromatic N) is 3. The van der Waals surface area contributed by atoms with Gasteiger partial charge in [0.15, 0.2) is 5.78 Å². The molecular formula is C37H57KN6O8. The second-order valence-electron chi connectivity index (χ2n) is 8.87. The van der Waals surface area contributed by atoms with Crippen molar-refractivity contribution >= 4 is 34.8 Å². The minimum Gasteiger partial charge on any atom is -0.870 e. The van der Waals surface area contributed by atoms with E-state index in [0.717, 1.165) is 31.5 Å². The zero-order chi connectivity index (χ0) is 40.0. The minimum atomic E-state index is -0.757. The number of para-hydroxylation sites is 2. The normalized spacial score (nSPS) is 10.0. The average Bonchev–Trinajstić information content (AvgIpc) is 3.86. The van der Waals surface area contributed by atoms with Crippen LogP contribution in [0.2, 0.25) is 0 Å². The molecular weight excluding hydrogens is 696 g/mol. The number of carbonyl (C=O) groups excluding carboxylic acids is 4. The number of ether oxygens (including phenoxy) is 2. The van der Waals surface area contributed by atoms with Gasteiger partial charge < -0.3 is 30.8 Å². The van der Waals surface area contributed by atoms with Gasteiger partial charge in [-0.15, -0.1) is 0 Å². The Hall–Kier alpha value is -3.72. The Bertz CT molecular complexity index is 1380. The van der Waals surface area contributed by atoms with Crippen molar-refractivity contribution in [1.29, 1.82) is 5.26 Å². The zero-order valence-electron chi connectivity index (χ0n) is 32.5. The fourth-order valence-corrected chi connectivity index (χ4v) is 2.78. The molecule has 0 saturated carbocycles. The quantitative estimate of drug-likeness (QED) is 0.0325. The molecule has 0 amide bonds. The van der Waals surface area contributed by atoms with Crippen LogP contribution in [0.1, 0.15) is 85.6 Å². The molecule has 0 aliphatic carbocycles. The summed E-state index contributed by atoms with van der Waals surface area (Å²) < 4.78 is 10.8. The van der Waals surface area contributed by atoms with Crippen LogP contribution in [0.5, 0.6) is 0 Å². The summed E-state index contributed by atoms with van der Waals surface area (Å²) in [5, 5.41) is 29.6. The average molecular weight is 753 g/mol. The van der Waals surface area contributed by atoms with Crippen LogP contribution in [-0.2, 0) is 23.9 Å². The predicted molar refractivity (Wildman–Crippen MR) is 199 cm³/mol. The molecule has 15 heteroatoms. The maximum Gasteiger partial charge on any atom is 1.00 e. The van der Waals surface area contributed by atoms with Crippen molar-refractivity contribution in [3.8, 4) is 11.8 Å². The van der Waals surface area contributed by atoms with Crippen LogP contribution in [0.25, 0.3) is 5.69 Å². The van der Waals surface area contributed by atoms with E-state index >= 15 is 0 Å². The summed E-state index contributed by atoms with van der Waals surface area (Å²) in [5.74, 6) is 2.82. The number of hydrazine groups is 1. The Morgan fingerprint density at radius 1 is 0.962 bits per heavy atom. The molecule has 14 nitrogen and oxygen atoms in total. The van der Waals surface area contributed by atoms with Gasteiger partial charge in [0, 0.05) is 51.5 Å². The standard InChI is InChI=1S/C11H11N3O.C6H8N2.C5H5NO2.C5H8O3.C4H8O.C2H6O.2C2H6.K/c1-8(15)10-7-11(12)14(13-10)9-5-3-2-4-6-9;7-8-6-4-2-1-3-5-6;1-4(7)5(8)2-3-6;1-3-8-5(7)4(2)6;1-2-4-5-3-1;1-2-3;2*1-2;/h2-7H,12H2,1H3;1-5,8H,7H2;2,8H,1H3;3H2,1-2H3;1-4H2;3H,2H2,1H3;2*1-2H3;/q;;;;;;;;+1/p-1/b;;5-2-;;;;;;. The van der Waals surface area contributed by atoms with E-state index in [-0.39, 0.29) is 70.4 Å². The molecule has 284 valence electrons. The first-order valence-electron chi connectivity index (χ1n) is 16.5. The summed E-state index contributed by atoms with van der Waals surface area (Å²) in [6.07, 6.45) is 3.24. The molecule has 52 heavy (non-hydrogen) atoms. The first-order valence-corrected chi connectivity index (χ1v) is 16.5. The van der Waals surface area contributed by atoms with Crippen molar-refractivity contribution < 1.29 is 90.2 Å². The molecule has 0 spiro atoms. The maximum atomic E-state index is 11.1. The molecule has 0 unspecified atom stereocenters. The molecule has 0 radical (unpaired) electrons. The van der Waals surface area contributed by atoms with Gasteiger partial charge in [0.2, 0.25) is 5.78 Å². The number of ketones is 3. The van der Waals surface area contributed by atoms with Crippen LogP contribution in [0, 0.1) is 11.3 Å². The van der Waals surface area contributed by atoms with E-state index < -0.39 is 23.3 Å². The van der Waals surface area contributed by atoms with Gasteiger partial charge in [-0.2, -0.15) is 10.4 Å². The Balaban J connectivity index is -0.000000175. The number of allylic oxidation sites excluding steroid dienone is 2. The fraction of sp³-hybridized carbons (Fsp3) is 0.405. The van der Waals surface area contributed by atoms with Gasteiger partial charge in [0.25, 0.3) is 0 Å². The zero-order valence-corrected chi connectivity index (χ0v) is 35.6. The largest absolute Gasteiger partial charge is 1.00 e. The van der Waals surface area contributed by atoms with E-state index in [9.17, 15) is 24.3 Å². The van der Waals surface area contributed by atoms with Crippen LogP contribution < -0.4 is 73.5 Å². The Labute approximate surface area is 352 Å². The molecule has 1 fully saturated rings.